The summed E-state index contributed by atoms with van der Waals surface area (Å²) in [7, 11) is 0. The van der Waals surface area contributed by atoms with E-state index in [4.69, 9.17) is 4.74 Å². The van der Waals surface area contributed by atoms with Crippen LogP contribution >= 0.6 is 0 Å². The molecule has 0 fully saturated rings. The van der Waals surface area contributed by atoms with Crippen LogP contribution in [-0.2, 0) is 11.2 Å². The van der Waals surface area contributed by atoms with Crippen molar-refractivity contribution >= 4 is 5.91 Å². The van der Waals surface area contributed by atoms with Gasteiger partial charge in [-0.25, -0.2) is 0 Å². The molecule has 1 aromatic rings. The third-order valence-electron chi connectivity index (χ3n) is 3.41. The third-order valence-corrected chi connectivity index (χ3v) is 3.41. The number of para-hydroxylation sites is 1. The van der Waals surface area contributed by atoms with Crippen molar-refractivity contribution in [3.8, 4) is 5.75 Å². The van der Waals surface area contributed by atoms with Crippen molar-refractivity contribution < 1.29 is 14.6 Å². The summed E-state index contributed by atoms with van der Waals surface area (Å²) in [4.78, 5) is 12.0. The van der Waals surface area contributed by atoms with Gasteiger partial charge in [0.1, 0.15) is 5.75 Å². The standard InChI is InChI=1S/C15H21NO3/c1-15(2,3)13(17)9-16-14(18)12-8-10-6-4-5-7-11(10)19-12/h4-7,12-13,17H,8-9H2,1-3H3,(H,16,18). The zero-order valence-electron chi connectivity index (χ0n) is 11.6. The highest BCUT2D eigenvalue weighted by atomic mass is 16.5. The topological polar surface area (TPSA) is 58.6 Å². The number of nitrogens with one attached hydrogen (secondary N) is 1. The van der Waals surface area contributed by atoms with Crippen molar-refractivity contribution in [3.63, 3.8) is 0 Å². The monoisotopic (exact) mass is 263 g/mol. The van der Waals surface area contributed by atoms with Crippen LogP contribution < -0.4 is 10.1 Å². The number of fused-ring (bicyclic) bond motifs is 1. The predicted octanol–water partition coefficient (Wildman–Crippen LogP) is 1.51. The Labute approximate surface area is 113 Å². The largest absolute Gasteiger partial charge is 0.480 e. The highest BCUT2D eigenvalue weighted by molar-refractivity contribution is 5.82. The molecule has 0 saturated carbocycles. The van der Waals surface area contributed by atoms with Gasteiger partial charge < -0.3 is 15.2 Å². The van der Waals surface area contributed by atoms with Crippen LogP contribution in [0.25, 0.3) is 0 Å². The summed E-state index contributed by atoms with van der Waals surface area (Å²) in [5.41, 5.74) is 0.811. The molecule has 0 aliphatic carbocycles. The Morgan fingerprint density at radius 3 is 2.79 bits per heavy atom. The van der Waals surface area contributed by atoms with Gasteiger partial charge in [0.25, 0.3) is 5.91 Å². The van der Waals surface area contributed by atoms with Crippen LogP contribution in [0.4, 0.5) is 0 Å². The summed E-state index contributed by atoms with van der Waals surface area (Å²) in [6.45, 7) is 6.06. The van der Waals surface area contributed by atoms with E-state index in [2.05, 4.69) is 5.32 Å². The lowest BCUT2D eigenvalue weighted by molar-refractivity contribution is -0.128. The fourth-order valence-corrected chi connectivity index (χ4v) is 1.95. The van der Waals surface area contributed by atoms with Crippen LogP contribution in [0.3, 0.4) is 0 Å². The molecule has 1 amide bonds. The number of hydrogen-bond donors (Lipinski definition) is 2. The molecule has 0 bridgehead atoms. The summed E-state index contributed by atoms with van der Waals surface area (Å²) >= 11 is 0. The van der Waals surface area contributed by atoms with Crippen molar-refractivity contribution in [2.45, 2.75) is 39.4 Å². The molecule has 0 aromatic heterocycles. The third kappa shape index (κ3) is 3.26. The van der Waals surface area contributed by atoms with Gasteiger partial charge in [-0.15, -0.1) is 0 Å². The van der Waals surface area contributed by atoms with Crippen LogP contribution in [0.5, 0.6) is 5.75 Å². The average molecular weight is 263 g/mol. The quantitative estimate of drug-likeness (QED) is 0.869. The number of carbonyl (C=O) groups excluding carboxylic acids is 1. The number of hydrogen-bond acceptors (Lipinski definition) is 3. The molecule has 2 rings (SSSR count). The smallest absolute Gasteiger partial charge is 0.261 e. The molecule has 1 heterocycles. The number of ether oxygens (including phenoxy) is 1. The Bertz CT molecular complexity index is 440. The van der Waals surface area contributed by atoms with Gasteiger partial charge in [-0.1, -0.05) is 39.0 Å². The molecule has 0 radical (unpaired) electrons. The van der Waals surface area contributed by atoms with Gasteiger partial charge in [-0.3, -0.25) is 4.79 Å². The van der Waals surface area contributed by atoms with E-state index in [1.54, 1.807) is 0 Å². The van der Waals surface area contributed by atoms with Gasteiger partial charge >= 0.3 is 0 Å². The van der Waals surface area contributed by atoms with E-state index in [1.807, 2.05) is 45.0 Å². The fourth-order valence-electron chi connectivity index (χ4n) is 1.95. The second kappa shape index (κ2) is 5.21. The predicted molar refractivity (Wildman–Crippen MR) is 73.0 cm³/mol. The first-order chi connectivity index (χ1) is 8.88. The number of carbonyl (C=O) groups is 1. The van der Waals surface area contributed by atoms with E-state index in [0.717, 1.165) is 11.3 Å². The first-order valence-electron chi connectivity index (χ1n) is 6.58. The second-order valence-electron chi connectivity index (χ2n) is 6.05. The zero-order valence-corrected chi connectivity index (χ0v) is 11.6. The molecule has 19 heavy (non-hydrogen) atoms. The van der Waals surface area contributed by atoms with E-state index in [0.29, 0.717) is 6.42 Å². The molecule has 0 saturated heterocycles. The zero-order chi connectivity index (χ0) is 14.0. The van der Waals surface area contributed by atoms with Crippen molar-refractivity contribution in [1.82, 2.24) is 5.32 Å². The van der Waals surface area contributed by atoms with Crippen molar-refractivity contribution in [3.05, 3.63) is 29.8 Å². The molecule has 1 aliphatic rings. The lowest BCUT2D eigenvalue weighted by Gasteiger charge is -2.26. The summed E-state index contributed by atoms with van der Waals surface area (Å²) in [5.74, 6) is 0.610. The van der Waals surface area contributed by atoms with E-state index in [9.17, 15) is 9.90 Å². The molecular formula is C15H21NO3. The maximum absolute atomic E-state index is 12.0. The molecule has 0 spiro atoms. The normalized spacial score (nSPS) is 19.5. The molecule has 2 N–H and O–H groups in total. The highest BCUT2D eigenvalue weighted by Crippen LogP contribution is 2.28. The van der Waals surface area contributed by atoms with Crippen molar-refractivity contribution in [2.75, 3.05) is 6.54 Å². The maximum Gasteiger partial charge on any atom is 0.261 e. The molecule has 2 atom stereocenters. The number of benzene rings is 1. The Hall–Kier alpha value is -1.55. The minimum absolute atomic E-state index is 0.167. The van der Waals surface area contributed by atoms with Gasteiger partial charge in [0.15, 0.2) is 6.10 Å². The Morgan fingerprint density at radius 2 is 2.16 bits per heavy atom. The van der Waals surface area contributed by atoms with Crippen LogP contribution in [-0.4, -0.2) is 29.8 Å². The van der Waals surface area contributed by atoms with Crippen LogP contribution in [0, 0.1) is 5.41 Å². The average Bonchev–Trinajstić information content (AvgIpc) is 2.78. The number of aliphatic hydroxyl groups excluding tert-OH is 1. The molecule has 1 aliphatic heterocycles. The van der Waals surface area contributed by atoms with Gasteiger partial charge in [0.2, 0.25) is 0 Å². The summed E-state index contributed by atoms with van der Waals surface area (Å²) < 4.78 is 5.59. The number of aliphatic hydroxyl groups is 1. The first kappa shape index (κ1) is 13.9. The fraction of sp³-hybridized carbons (Fsp3) is 0.533. The lowest BCUT2D eigenvalue weighted by atomic mass is 9.89. The second-order valence-corrected chi connectivity index (χ2v) is 6.05. The van der Waals surface area contributed by atoms with Gasteiger partial charge in [-0.2, -0.15) is 0 Å². The summed E-state index contributed by atoms with van der Waals surface area (Å²) in [6, 6.07) is 7.66. The van der Waals surface area contributed by atoms with E-state index in [-0.39, 0.29) is 17.9 Å². The Kier molecular flexibility index (Phi) is 3.80. The van der Waals surface area contributed by atoms with Crippen LogP contribution in [0.1, 0.15) is 26.3 Å². The van der Waals surface area contributed by atoms with Gasteiger partial charge in [-0.05, 0) is 17.0 Å². The van der Waals surface area contributed by atoms with Crippen molar-refractivity contribution in [2.24, 2.45) is 5.41 Å². The lowest BCUT2D eigenvalue weighted by Crippen LogP contribution is -2.44. The molecule has 104 valence electrons. The molecule has 1 aromatic carbocycles. The molecular weight excluding hydrogens is 242 g/mol. The van der Waals surface area contributed by atoms with E-state index in [1.165, 1.54) is 0 Å². The van der Waals surface area contributed by atoms with Gasteiger partial charge in [0.05, 0.1) is 6.10 Å². The van der Waals surface area contributed by atoms with Gasteiger partial charge in [0, 0.05) is 13.0 Å². The number of rotatable bonds is 3. The SMILES string of the molecule is CC(C)(C)C(O)CNC(=O)C1Cc2ccccc2O1. The maximum atomic E-state index is 12.0. The summed E-state index contributed by atoms with van der Waals surface area (Å²) in [6.07, 6.45) is -0.460. The molecule has 2 unspecified atom stereocenters. The highest BCUT2D eigenvalue weighted by Gasteiger charge is 2.30. The summed E-state index contributed by atoms with van der Waals surface area (Å²) in [5, 5.41) is 12.6. The first-order valence-corrected chi connectivity index (χ1v) is 6.58. The van der Waals surface area contributed by atoms with Crippen LogP contribution in [0.15, 0.2) is 24.3 Å². The Morgan fingerprint density at radius 1 is 1.47 bits per heavy atom. The van der Waals surface area contributed by atoms with E-state index >= 15 is 0 Å². The van der Waals surface area contributed by atoms with Crippen LogP contribution in [0.2, 0.25) is 0 Å². The molecule has 4 heteroatoms. The number of amides is 1. The minimum atomic E-state index is -0.569. The minimum Gasteiger partial charge on any atom is -0.480 e. The van der Waals surface area contributed by atoms with Crippen molar-refractivity contribution in [1.29, 1.82) is 0 Å². The molecule has 4 nitrogen and oxygen atoms in total. The van der Waals surface area contributed by atoms with E-state index < -0.39 is 12.2 Å². The Balaban J connectivity index is 1.87.